The predicted molar refractivity (Wildman–Crippen MR) is 119 cm³/mol. The number of rotatable bonds is 3. The van der Waals surface area contributed by atoms with Crippen LogP contribution in [-0.4, -0.2) is 46.3 Å². The molecule has 4 heterocycles. The van der Waals surface area contributed by atoms with Crippen LogP contribution in [0, 0.1) is 6.92 Å². The first kappa shape index (κ1) is 19.1. The van der Waals surface area contributed by atoms with Crippen molar-refractivity contribution in [2.24, 2.45) is 0 Å². The summed E-state index contributed by atoms with van der Waals surface area (Å²) in [6, 6.07) is 19.0. The Morgan fingerprint density at radius 2 is 1.81 bits per heavy atom. The summed E-state index contributed by atoms with van der Waals surface area (Å²) in [6.07, 6.45) is 3.81. The minimum absolute atomic E-state index is 0.0228. The first-order valence-corrected chi connectivity index (χ1v) is 11.3. The van der Waals surface area contributed by atoms with Gasteiger partial charge in [0.15, 0.2) is 11.5 Å². The largest absolute Gasteiger partial charge is 0.486 e. The molecule has 5 nitrogen and oxygen atoms in total. The highest BCUT2D eigenvalue weighted by atomic mass is 16.6. The van der Waals surface area contributed by atoms with Crippen molar-refractivity contribution in [1.29, 1.82) is 0 Å². The third-order valence-corrected chi connectivity index (χ3v) is 7.28. The van der Waals surface area contributed by atoms with Crippen LogP contribution in [0.15, 0.2) is 54.6 Å². The average Bonchev–Trinajstić information content (AvgIpc) is 3.03. The number of hydrogen-bond donors (Lipinski definition) is 1. The molecule has 3 unspecified atom stereocenters. The van der Waals surface area contributed by atoms with Gasteiger partial charge < -0.3 is 14.6 Å². The van der Waals surface area contributed by atoms with E-state index in [1.54, 1.807) is 0 Å². The number of aromatic nitrogens is 1. The molecule has 2 fully saturated rings. The molecule has 3 aliphatic heterocycles. The highest BCUT2D eigenvalue weighted by Crippen LogP contribution is 2.46. The molecule has 0 saturated carbocycles. The molecule has 1 N–H and O–H groups in total. The van der Waals surface area contributed by atoms with Crippen LogP contribution >= 0.6 is 0 Å². The topological polar surface area (TPSA) is 54.8 Å². The average molecular weight is 417 g/mol. The maximum Gasteiger partial charge on any atom is 0.171 e. The minimum atomic E-state index is -0.722. The van der Waals surface area contributed by atoms with Crippen molar-refractivity contribution in [2.45, 2.75) is 56.4 Å². The van der Waals surface area contributed by atoms with Crippen LogP contribution in [0.5, 0.6) is 11.5 Å². The summed E-state index contributed by atoms with van der Waals surface area (Å²) in [7, 11) is 0. The van der Waals surface area contributed by atoms with Crippen molar-refractivity contribution in [3.05, 3.63) is 65.9 Å². The number of fused-ring (bicyclic) bond motifs is 5. The molecule has 2 aromatic carbocycles. The molecule has 0 radical (unpaired) electrons. The molecule has 31 heavy (non-hydrogen) atoms. The van der Waals surface area contributed by atoms with E-state index in [4.69, 9.17) is 9.47 Å². The molecule has 3 atom stereocenters. The fourth-order valence-electron chi connectivity index (χ4n) is 5.80. The normalized spacial score (nSPS) is 29.9. The van der Waals surface area contributed by atoms with Crippen LogP contribution in [0.1, 0.15) is 36.9 Å². The lowest BCUT2D eigenvalue weighted by Crippen LogP contribution is -2.53. The zero-order chi connectivity index (χ0) is 21.0. The standard InChI is InChI=1S/C26H28N2O3/c1-17-7-10-22-23(27-17)11-12-24-25(22)31-21(16-30-24)15-28-19-8-9-20(28)14-26(29,13-19)18-5-3-2-4-6-18/h2-7,10-12,19-21,29H,8-9,13-16H2,1H3. The maximum atomic E-state index is 11.4. The monoisotopic (exact) mass is 416 g/mol. The number of ether oxygens (including phenoxy) is 2. The second-order valence-electron chi connectivity index (χ2n) is 9.35. The Hall–Kier alpha value is -2.63. The van der Waals surface area contributed by atoms with Gasteiger partial charge in [-0.25, -0.2) is 0 Å². The number of hydrogen-bond acceptors (Lipinski definition) is 5. The Labute approximate surface area is 182 Å². The third kappa shape index (κ3) is 3.27. The van der Waals surface area contributed by atoms with E-state index >= 15 is 0 Å². The lowest BCUT2D eigenvalue weighted by molar-refractivity contribution is -0.0685. The lowest BCUT2D eigenvalue weighted by atomic mass is 9.80. The first-order chi connectivity index (χ1) is 15.1. The van der Waals surface area contributed by atoms with Gasteiger partial charge >= 0.3 is 0 Å². The molecular formula is C26H28N2O3. The minimum Gasteiger partial charge on any atom is -0.486 e. The highest BCUT2D eigenvalue weighted by Gasteiger charge is 2.49. The van der Waals surface area contributed by atoms with Gasteiger partial charge in [-0.1, -0.05) is 30.3 Å². The molecule has 0 amide bonds. The quantitative estimate of drug-likeness (QED) is 0.694. The molecule has 3 aliphatic rings. The third-order valence-electron chi connectivity index (χ3n) is 7.28. The number of piperidine rings is 1. The van der Waals surface area contributed by atoms with E-state index in [1.165, 1.54) is 0 Å². The summed E-state index contributed by atoms with van der Waals surface area (Å²) in [5, 5.41) is 12.4. The molecule has 2 bridgehead atoms. The molecule has 5 heteroatoms. The molecule has 6 rings (SSSR count). The van der Waals surface area contributed by atoms with Crippen molar-refractivity contribution < 1.29 is 14.6 Å². The van der Waals surface area contributed by atoms with Crippen LogP contribution in [0.4, 0.5) is 0 Å². The predicted octanol–water partition coefficient (Wildman–Crippen LogP) is 4.20. The Bertz CT molecular complexity index is 1100. The summed E-state index contributed by atoms with van der Waals surface area (Å²) >= 11 is 0. The van der Waals surface area contributed by atoms with Gasteiger partial charge in [0, 0.05) is 29.7 Å². The van der Waals surface area contributed by atoms with Gasteiger partial charge in [-0.2, -0.15) is 0 Å². The van der Waals surface area contributed by atoms with Gasteiger partial charge in [0.1, 0.15) is 12.7 Å². The Kier molecular flexibility index (Phi) is 4.44. The Morgan fingerprint density at radius 1 is 1.03 bits per heavy atom. The molecule has 3 aromatic rings. The number of pyridine rings is 1. The lowest BCUT2D eigenvalue weighted by Gasteiger charge is -2.45. The van der Waals surface area contributed by atoms with Crippen LogP contribution in [0.2, 0.25) is 0 Å². The van der Waals surface area contributed by atoms with Crippen LogP contribution in [0.3, 0.4) is 0 Å². The van der Waals surface area contributed by atoms with E-state index in [0.717, 1.165) is 65.9 Å². The van der Waals surface area contributed by atoms with E-state index in [0.29, 0.717) is 18.7 Å². The summed E-state index contributed by atoms with van der Waals surface area (Å²) in [5.74, 6) is 1.61. The molecule has 2 saturated heterocycles. The Morgan fingerprint density at radius 3 is 2.58 bits per heavy atom. The summed E-state index contributed by atoms with van der Waals surface area (Å²) in [4.78, 5) is 7.19. The number of aryl methyl sites for hydroxylation is 1. The van der Waals surface area contributed by atoms with E-state index in [2.05, 4.69) is 28.1 Å². The summed E-state index contributed by atoms with van der Waals surface area (Å²) in [6.45, 7) is 3.38. The molecule has 1 aromatic heterocycles. The molecule has 160 valence electrons. The zero-order valence-electron chi connectivity index (χ0n) is 17.8. The van der Waals surface area contributed by atoms with Crippen LogP contribution < -0.4 is 9.47 Å². The molecule has 0 aliphatic carbocycles. The highest BCUT2D eigenvalue weighted by molar-refractivity contribution is 5.88. The van der Waals surface area contributed by atoms with Crippen molar-refractivity contribution in [3.8, 4) is 11.5 Å². The number of benzene rings is 2. The van der Waals surface area contributed by atoms with Gasteiger partial charge in [0.2, 0.25) is 0 Å². The van der Waals surface area contributed by atoms with Crippen LogP contribution in [0.25, 0.3) is 10.9 Å². The summed E-state index contributed by atoms with van der Waals surface area (Å²) in [5.41, 5.74) is 2.26. The Balaban J connectivity index is 1.21. The van der Waals surface area contributed by atoms with Crippen LogP contribution in [-0.2, 0) is 5.60 Å². The number of nitrogens with zero attached hydrogens (tertiary/aromatic N) is 2. The first-order valence-electron chi connectivity index (χ1n) is 11.3. The van der Waals surface area contributed by atoms with Gasteiger partial charge in [0.05, 0.1) is 11.1 Å². The SMILES string of the molecule is Cc1ccc2c3c(ccc2n1)OCC(CN1C2CCC1CC(O)(c1ccccc1)C2)O3. The fraction of sp³-hybridized carbons (Fsp3) is 0.423. The van der Waals surface area contributed by atoms with Gasteiger partial charge in [-0.3, -0.25) is 9.88 Å². The van der Waals surface area contributed by atoms with E-state index in [9.17, 15) is 5.11 Å². The smallest absolute Gasteiger partial charge is 0.171 e. The summed E-state index contributed by atoms with van der Waals surface area (Å²) < 4.78 is 12.6. The van der Waals surface area contributed by atoms with Crippen molar-refractivity contribution in [1.82, 2.24) is 9.88 Å². The van der Waals surface area contributed by atoms with Crippen molar-refractivity contribution >= 4 is 10.9 Å². The zero-order valence-corrected chi connectivity index (χ0v) is 17.8. The van der Waals surface area contributed by atoms with Crippen molar-refractivity contribution in [2.75, 3.05) is 13.2 Å². The number of aliphatic hydroxyl groups is 1. The van der Waals surface area contributed by atoms with Gasteiger partial charge in [-0.15, -0.1) is 0 Å². The second-order valence-corrected chi connectivity index (χ2v) is 9.35. The molecular weight excluding hydrogens is 388 g/mol. The van der Waals surface area contributed by atoms with E-state index in [1.807, 2.05) is 43.3 Å². The van der Waals surface area contributed by atoms with E-state index in [-0.39, 0.29) is 6.10 Å². The molecule has 0 spiro atoms. The second kappa shape index (κ2) is 7.21. The maximum absolute atomic E-state index is 11.4. The van der Waals surface area contributed by atoms with Crippen molar-refractivity contribution in [3.63, 3.8) is 0 Å². The fourth-order valence-corrected chi connectivity index (χ4v) is 5.80. The van der Waals surface area contributed by atoms with Gasteiger partial charge in [-0.05, 0) is 62.4 Å². The van der Waals surface area contributed by atoms with Gasteiger partial charge in [0.25, 0.3) is 0 Å². The van der Waals surface area contributed by atoms with E-state index < -0.39 is 5.60 Å².